The van der Waals surface area contributed by atoms with Crippen molar-refractivity contribution in [3.05, 3.63) is 30.1 Å². The minimum Gasteiger partial charge on any atom is -0.307 e. The highest BCUT2D eigenvalue weighted by Gasteiger charge is 2.03. The van der Waals surface area contributed by atoms with E-state index in [1.807, 2.05) is 17.8 Å². The second-order valence-electron chi connectivity index (χ2n) is 4.11. The summed E-state index contributed by atoms with van der Waals surface area (Å²) in [5.74, 6) is 0. The lowest BCUT2D eigenvalue weighted by molar-refractivity contribution is 0.472. The third-order valence-electron chi connectivity index (χ3n) is 2.44. The molecule has 1 N–H and O–H groups in total. The van der Waals surface area contributed by atoms with Gasteiger partial charge in [-0.3, -0.25) is 4.68 Å². The first-order valence-corrected chi connectivity index (χ1v) is 5.52. The Morgan fingerprint density at radius 2 is 2.40 bits per heavy atom. The predicted octanol–water partition coefficient (Wildman–Crippen LogP) is 2.52. The number of nitrogens with one attached hydrogen (secondary N) is 1. The molecule has 1 atom stereocenters. The Bertz CT molecular complexity index is 314. The molecule has 0 radical (unpaired) electrons. The van der Waals surface area contributed by atoms with E-state index in [0.717, 1.165) is 30.8 Å². The van der Waals surface area contributed by atoms with Gasteiger partial charge >= 0.3 is 0 Å². The Morgan fingerprint density at radius 1 is 1.67 bits per heavy atom. The van der Waals surface area contributed by atoms with Crippen LogP contribution in [0.15, 0.2) is 24.4 Å². The van der Waals surface area contributed by atoms with Crippen LogP contribution in [0.5, 0.6) is 0 Å². The number of rotatable bonds is 6. The Morgan fingerprint density at radius 3 is 3.00 bits per heavy atom. The average Bonchev–Trinajstić information content (AvgIpc) is 2.65. The Balaban J connectivity index is 2.42. The van der Waals surface area contributed by atoms with Gasteiger partial charge in [0.15, 0.2) is 0 Å². The molecule has 0 aromatic carbocycles. The molecule has 3 heteroatoms. The third-order valence-corrected chi connectivity index (χ3v) is 2.44. The highest BCUT2D eigenvalue weighted by atomic mass is 15.3. The average molecular weight is 207 g/mol. The quantitative estimate of drug-likeness (QED) is 0.726. The standard InChI is InChI=1S/C12H21N3/c1-5-11(4)15-7-6-12(14-15)9-13-8-10(2)3/h6-7,11,13H,2,5,8-9H2,1,3-4H3. The summed E-state index contributed by atoms with van der Waals surface area (Å²) in [7, 11) is 0. The van der Waals surface area contributed by atoms with Crippen LogP contribution in [0.4, 0.5) is 0 Å². The number of hydrogen-bond donors (Lipinski definition) is 1. The lowest BCUT2D eigenvalue weighted by Crippen LogP contribution is -2.16. The fraction of sp³-hybridized carbons (Fsp3) is 0.583. The first-order chi connectivity index (χ1) is 7.13. The lowest BCUT2D eigenvalue weighted by atomic mass is 10.3. The highest BCUT2D eigenvalue weighted by Crippen LogP contribution is 2.08. The maximum atomic E-state index is 4.50. The van der Waals surface area contributed by atoms with E-state index in [1.54, 1.807) is 0 Å². The van der Waals surface area contributed by atoms with Crippen molar-refractivity contribution in [2.45, 2.75) is 39.8 Å². The summed E-state index contributed by atoms with van der Waals surface area (Å²) in [5, 5.41) is 7.80. The molecule has 0 saturated heterocycles. The summed E-state index contributed by atoms with van der Waals surface area (Å²) in [6.07, 6.45) is 3.16. The molecule has 1 aromatic heterocycles. The predicted molar refractivity (Wildman–Crippen MR) is 63.7 cm³/mol. The van der Waals surface area contributed by atoms with Crippen molar-refractivity contribution < 1.29 is 0 Å². The monoisotopic (exact) mass is 207 g/mol. The van der Waals surface area contributed by atoms with Gasteiger partial charge in [0.2, 0.25) is 0 Å². The largest absolute Gasteiger partial charge is 0.307 e. The van der Waals surface area contributed by atoms with E-state index in [0.29, 0.717) is 6.04 Å². The molecule has 0 fully saturated rings. The van der Waals surface area contributed by atoms with Crippen LogP contribution in [0.2, 0.25) is 0 Å². The minimum absolute atomic E-state index is 0.486. The lowest BCUT2D eigenvalue weighted by Gasteiger charge is -2.08. The van der Waals surface area contributed by atoms with Crippen LogP contribution in [0, 0.1) is 0 Å². The van der Waals surface area contributed by atoms with Crippen molar-refractivity contribution in [3.63, 3.8) is 0 Å². The molecule has 1 rings (SSSR count). The highest BCUT2D eigenvalue weighted by molar-refractivity contribution is 5.00. The van der Waals surface area contributed by atoms with E-state index < -0.39 is 0 Å². The molecule has 0 amide bonds. The van der Waals surface area contributed by atoms with E-state index >= 15 is 0 Å². The fourth-order valence-electron chi connectivity index (χ4n) is 1.31. The van der Waals surface area contributed by atoms with Crippen LogP contribution in [0.3, 0.4) is 0 Å². The van der Waals surface area contributed by atoms with E-state index in [4.69, 9.17) is 0 Å². The number of nitrogens with zero attached hydrogens (tertiary/aromatic N) is 2. The number of hydrogen-bond acceptors (Lipinski definition) is 2. The molecule has 0 saturated carbocycles. The van der Waals surface area contributed by atoms with Crippen molar-refractivity contribution in [1.82, 2.24) is 15.1 Å². The zero-order valence-electron chi connectivity index (χ0n) is 9.95. The van der Waals surface area contributed by atoms with E-state index in [9.17, 15) is 0 Å². The van der Waals surface area contributed by atoms with Gasteiger partial charge in [-0.05, 0) is 26.3 Å². The van der Waals surface area contributed by atoms with E-state index in [2.05, 4.69) is 36.9 Å². The number of aromatic nitrogens is 2. The van der Waals surface area contributed by atoms with Gasteiger partial charge in [0, 0.05) is 25.3 Å². The minimum atomic E-state index is 0.486. The van der Waals surface area contributed by atoms with Crippen molar-refractivity contribution in [3.8, 4) is 0 Å². The third kappa shape index (κ3) is 3.88. The molecule has 0 aliphatic carbocycles. The van der Waals surface area contributed by atoms with Crippen LogP contribution in [0.1, 0.15) is 38.9 Å². The Labute approximate surface area is 92.2 Å². The molecule has 1 aromatic rings. The van der Waals surface area contributed by atoms with Gasteiger partial charge in [-0.15, -0.1) is 0 Å². The van der Waals surface area contributed by atoms with Gasteiger partial charge in [0.1, 0.15) is 0 Å². The van der Waals surface area contributed by atoms with Gasteiger partial charge in [0.25, 0.3) is 0 Å². The van der Waals surface area contributed by atoms with Crippen molar-refractivity contribution in [1.29, 1.82) is 0 Å². The summed E-state index contributed by atoms with van der Waals surface area (Å²) < 4.78 is 2.03. The summed E-state index contributed by atoms with van der Waals surface area (Å²) in [5.41, 5.74) is 2.24. The van der Waals surface area contributed by atoms with Crippen LogP contribution in [-0.4, -0.2) is 16.3 Å². The summed E-state index contributed by atoms with van der Waals surface area (Å²) >= 11 is 0. The van der Waals surface area contributed by atoms with Crippen LogP contribution in [0.25, 0.3) is 0 Å². The molecule has 0 aliphatic rings. The van der Waals surface area contributed by atoms with E-state index in [1.165, 1.54) is 0 Å². The van der Waals surface area contributed by atoms with Gasteiger partial charge in [-0.25, -0.2) is 0 Å². The molecule has 15 heavy (non-hydrogen) atoms. The van der Waals surface area contributed by atoms with Crippen molar-refractivity contribution in [2.75, 3.05) is 6.54 Å². The van der Waals surface area contributed by atoms with Crippen LogP contribution < -0.4 is 5.32 Å². The molecule has 1 unspecified atom stereocenters. The maximum absolute atomic E-state index is 4.50. The van der Waals surface area contributed by atoms with Crippen molar-refractivity contribution >= 4 is 0 Å². The zero-order valence-corrected chi connectivity index (χ0v) is 9.95. The Hall–Kier alpha value is -1.09. The fourth-order valence-corrected chi connectivity index (χ4v) is 1.31. The van der Waals surface area contributed by atoms with E-state index in [-0.39, 0.29) is 0 Å². The molecular formula is C12H21N3. The summed E-state index contributed by atoms with van der Waals surface area (Å²) in [6, 6.07) is 2.55. The maximum Gasteiger partial charge on any atom is 0.0762 e. The van der Waals surface area contributed by atoms with Crippen LogP contribution in [-0.2, 0) is 6.54 Å². The first-order valence-electron chi connectivity index (χ1n) is 5.52. The second kappa shape index (κ2) is 5.71. The SMILES string of the molecule is C=C(C)CNCc1ccn(C(C)CC)n1. The first kappa shape index (κ1) is 12.0. The zero-order chi connectivity index (χ0) is 11.3. The molecule has 84 valence electrons. The smallest absolute Gasteiger partial charge is 0.0762 e. The van der Waals surface area contributed by atoms with Crippen molar-refractivity contribution in [2.24, 2.45) is 0 Å². The van der Waals surface area contributed by atoms with Gasteiger partial charge in [0.05, 0.1) is 5.69 Å². The second-order valence-corrected chi connectivity index (χ2v) is 4.11. The summed E-state index contributed by atoms with van der Waals surface area (Å²) in [4.78, 5) is 0. The molecule has 0 aliphatic heterocycles. The Kier molecular flexibility index (Phi) is 4.56. The molecular weight excluding hydrogens is 186 g/mol. The molecule has 1 heterocycles. The molecule has 3 nitrogen and oxygen atoms in total. The van der Waals surface area contributed by atoms with Gasteiger partial charge in [-0.2, -0.15) is 5.10 Å². The van der Waals surface area contributed by atoms with Gasteiger partial charge in [-0.1, -0.05) is 19.1 Å². The van der Waals surface area contributed by atoms with Crippen LogP contribution >= 0.6 is 0 Å². The van der Waals surface area contributed by atoms with Gasteiger partial charge < -0.3 is 5.32 Å². The summed E-state index contributed by atoms with van der Waals surface area (Å²) in [6.45, 7) is 11.9. The molecule has 0 spiro atoms. The normalized spacial score (nSPS) is 12.7. The molecule has 0 bridgehead atoms. The topological polar surface area (TPSA) is 29.9 Å².